The summed E-state index contributed by atoms with van der Waals surface area (Å²) >= 11 is 0. The van der Waals surface area contributed by atoms with E-state index in [1.807, 2.05) is 0 Å². The SMILES string of the molecule is [N-]=[N+]=Nc1cccc2cccc(NC(=O)C(F)(F)F)c12. The average molecular weight is 280 g/mol. The van der Waals surface area contributed by atoms with Crippen LogP contribution in [0.5, 0.6) is 0 Å². The van der Waals surface area contributed by atoms with Gasteiger partial charge in [-0.25, -0.2) is 0 Å². The number of benzene rings is 2. The number of carbonyl (C=O) groups excluding carboxylic acids is 1. The molecule has 0 aromatic heterocycles. The number of halogens is 3. The van der Waals surface area contributed by atoms with E-state index in [2.05, 4.69) is 10.0 Å². The largest absolute Gasteiger partial charge is 0.471 e. The molecule has 1 N–H and O–H groups in total. The third kappa shape index (κ3) is 2.65. The number of alkyl halides is 3. The van der Waals surface area contributed by atoms with E-state index in [1.165, 1.54) is 18.2 Å². The molecule has 2 rings (SSSR count). The van der Waals surface area contributed by atoms with Gasteiger partial charge in [-0.05, 0) is 17.0 Å². The van der Waals surface area contributed by atoms with Gasteiger partial charge in [0.15, 0.2) is 0 Å². The molecule has 0 bridgehead atoms. The van der Waals surface area contributed by atoms with Crippen molar-refractivity contribution in [3.05, 3.63) is 46.8 Å². The Kier molecular flexibility index (Phi) is 3.49. The number of fused-ring (bicyclic) bond motifs is 1. The second kappa shape index (κ2) is 5.10. The Bertz CT molecular complexity index is 715. The fourth-order valence-electron chi connectivity index (χ4n) is 1.75. The number of nitrogens with one attached hydrogen (secondary N) is 1. The fourth-order valence-corrected chi connectivity index (χ4v) is 1.75. The van der Waals surface area contributed by atoms with Crippen LogP contribution in [0.3, 0.4) is 0 Å². The van der Waals surface area contributed by atoms with Crippen molar-refractivity contribution >= 4 is 28.1 Å². The molecule has 0 aliphatic heterocycles. The molecular formula is C12H7F3N4O. The highest BCUT2D eigenvalue weighted by molar-refractivity contribution is 6.08. The highest BCUT2D eigenvalue weighted by Gasteiger charge is 2.38. The molecule has 0 aliphatic rings. The summed E-state index contributed by atoms with van der Waals surface area (Å²) in [6.07, 6.45) is -4.99. The Morgan fingerprint density at radius 1 is 1.20 bits per heavy atom. The summed E-state index contributed by atoms with van der Waals surface area (Å²) in [5, 5.41) is 6.00. The number of rotatable bonds is 2. The van der Waals surface area contributed by atoms with Crippen LogP contribution in [0, 0.1) is 0 Å². The lowest BCUT2D eigenvalue weighted by molar-refractivity contribution is -0.167. The van der Waals surface area contributed by atoms with E-state index in [9.17, 15) is 18.0 Å². The van der Waals surface area contributed by atoms with Crippen molar-refractivity contribution in [2.45, 2.75) is 6.18 Å². The molecule has 5 nitrogen and oxygen atoms in total. The molecule has 0 aliphatic carbocycles. The van der Waals surface area contributed by atoms with E-state index in [0.717, 1.165) is 0 Å². The number of nitrogens with zero attached hydrogens (tertiary/aromatic N) is 3. The van der Waals surface area contributed by atoms with Crippen LogP contribution in [0.15, 0.2) is 41.5 Å². The predicted octanol–water partition coefficient (Wildman–Crippen LogP) is 4.28. The summed E-state index contributed by atoms with van der Waals surface area (Å²) in [6.45, 7) is 0. The summed E-state index contributed by atoms with van der Waals surface area (Å²) in [5.41, 5.74) is 8.55. The summed E-state index contributed by atoms with van der Waals surface area (Å²) < 4.78 is 36.9. The van der Waals surface area contributed by atoms with E-state index in [-0.39, 0.29) is 16.8 Å². The fraction of sp³-hybridized carbons (Fsp3) is 0.0833. The van der Waals surface area contributed by atoms with Gasteiger partial charge in [-0.15, -0.1) is 0 Å². The molecule has 1 amide bonds. The third-order valence-corrected chi connectivity index (χ3v) is 2.54. The highest BCUT2D eigenvalue weighted by atomic mass is 19.4. The van der Waals surface area contributed by atoms with Crippen molar-refractivity contribution in [1.29, 1.82) is 0 Å². The molecule has 2 aromatic carbocycles. The number of anilines is 1. The van der Waals surface area contributed by atoms with Gasteiger partial charge < -0.3 is 5.32 Å². The number of hydrogen-bond donors (Lipinski definition) is 1. The van der Waals surface area contributed by atoms with Crippen molar-refractivity contribution in [2.24, 2.45) is 5.11 Å². The van der Waals surface area contributed by atoms with Gasteiger partial charge in [-0.3, -0.25) is 4.79 Å². The molecule has 0 fully saturated rings. The van der Waals surface area contributed by atoms with Crippen LogP contribution in [0.1, 0.15) is 0 Å². The maximum absolute atomic E-state index is 12.3. The molecular weight excluding hydrogens is 273 g/mol. The highest BCUT2D eigenvalue weighted by Crippen LogP contribution is 2.33. The summed E-state index contributed by atoms with van der Waals surface area (Å²) in [7, 11) is 0. The summed E-state index contributed by atoms with van der Waals surface area (Å²) in [5.74, 6) is -2.08. The Morgan fingerprint density at radius 3 is 2.45 bits per heavy atom. The lowest BCUT2D eigenvalue weighted by Gasteiger charge is -2.11. The van der Waals surface area contributed by atoms with E-state index in [4.69, 9.17) is 5.53 Å². The Morgan fingerprint density at radius 2 is 1.85 bits per heavy atom. The third-order valence-electron chi connectivity index (χ3n) is 2.54. The maximum atomic E-state index is 12.3. The lowest BCUT2D eigenvalue weighted by atomic mass is 10.1. The van der Waals surface area contributed by atoms with E-state index >= 15 is 0 Å². The van der Waals surface area contributed by atoms with Gasteiger partial charge in [0.1, 0.15) is 0 Å². The topological polar surface area (TPSA) is 77.9 Å². The van der Waals surface area contributed by atoms with Crippen LogP contribution in [-0.2, 0) is 4.79 Å². The zero-order chi connectivity index (χ0) is 14.8. The van der Waals surface area contributed by atoms with Gasteiger partial charge in [0.05, 0.1) is 0 Å². The Labute approximate surface area is 110 Å². The summed E-state index contributed by atoms with van der Waals surface area (Å²) in [4.78, 5) is 13.6. The number of carbonyl (C=O) groups is 1. The first kappa shape index (κ1) is 13.7. The second-order valence-corrected chi connectivity index (χ2v) is 3.82. The van der Waals surface area contributed by atoms with Crippen LogP contribution < -0.4 is 5.32 Å². The summed E-state index contributed by atoms with van der Waals surface area (Å²) in [6, 6.07) is 9.12. The molecule has 0 saturated carbocycles. The van der Waals surface area contributed by atoms with Crippen LogP contribution in [-0.4, -0.2) is 12.1 Å². The van der Waals surface area contributed by atoms with Crippen molar-refractivity contribution < 1.29 is 18.0 Å². The molecule has 0 radical (unpaired) electrons. The maximum Gasteiger partial charge on any atom is 0.471 e. The van der Waals surface area contributed by atoms with Crippen molar-refractivity contribution in [1.82, 2.24) is 0 Å². The van der Waals surface area contributed by atoms with E-state index in [1.54, 1.807) is 23.5 Å². The van der Waals surface area contributed by atoms with Crippen LogP contribution in [0.4, 0.5) is 24.5 Å². The molecule has 0 saturated heterocycles. The molecule has 102 valence electrons. The predicted molar refractivity (Wildman–Crippen MR) is 67.4 cm³/mol. The number of hydrogen-bond acceptors (Lipinski definition) is 2. The first-order valence-electron chi connectivity index (χ1n) is 5.38. The molecule has 0 spiro atoms. The van der Waals surface area contributed by atoms with Crippen molar-refractivity contribution in [2.75, 3.05) is 5.32 Å². The molecule has 0 heterocycles. The second-order valence-electron chi connectivity index (χ2n) is 3.82. The van der Waals surface area contributed by atoms with Crippen molar-refractivity contribution in [3.8, 4) is 0 Å². The van der Waals surface area contributed by atoms with Crippen LogP contribution >= 0.6 is 0 Å². The first-order chi connectivity index (χ1) is 9.43. The zero-order valence-corrected chi connectivity index (χ0v) is 9.85. The smallest absolute Gasteiger partial charge is 0.318 e. The molecule has 20 heavy (non-hydrogen) atoms. The minimum Gasteiger partial charge on any atom is -0.318 e. The van der Waals surface area contributed by atoms with E-state index < -0.39 is 12.1 Å². The zero-order valence-electron chi connectivity index (χ0n) is 9.85. The average Bonchev–Trinajstić information content (AvgIpc) is 2.38. The number of amides is 1. The van der Waals surface area contributed by atoms with Gasteiger partial charge in [-0.1, -0.05) is 35.4 Å². The molecule has 0 atom stereocenters. The minimum absolute atomic E-state index is 0.0622. The van der Waals surface area contributed by atoms with Gasteiger partial charge in [0.25, 0.3) is 0 Å². The Balaban J connectivity index is 2.59. The van der Waals surface area contributed by atoms with Crippen molar-refractivity contribution in [3.63, 3.8) is 0 Å². The minimum atomic E-state index is -4.99. The van der Waals surface area contributed by atoms with Gasteiger partial charge in [0, 0.05) is 21.7 Å². The van der Waals surface area contributed by atoms with Gasteiger partial charge >= 0.3 is 12.1 Å². The van der Waals surface area contributed by atoms with Crippen LogP contribution in [0.2, 0.25) is 0 Å². The van der Waals surface area contributed by atoms with Gasteiger partial charge in [-0.2, -0.15) is 13.2 Å². The Hall–Kier alpha value is -2.73. The monoisotopic (exact) mass is 280 g/mol. The molecule has 8 heteroatoms. The van der Waals surface area contributed by atoms with Crippen LogP contribution in [0.25, 0.3) is 21.2 Å². The molecule has 2 aromatic rings. The lowest BCUT2D eigenvalue weighted by Crippen LogP contribution is -2.29. The normalized spacial score (nSPS) is 10.9. The first-order valence-corrected chi connectivity index (χ1v) is 5.38. The van der Waals surface area contributed by atoms with Gasteiger partial charge in [0.2, 0.25) is 0 Å². The van der Waals surface area contributed by atoms with E-state index in [0.29, 0.717) is 5.39 Å². The number of azide groups is 1. The quantitative estimate of drug-likeness (QED) is 0.497. The molecule has 0 unspecified atom stereocenters. The standard InChI is InChI=1S/C12H7F3N4O/c13-12(14,15)11(20)17-8-5-1-3-7-4-2-6-9(10(7)8)18-19-16/h1-6H,(H,17,20).